The van der Waals surface area contributed by atoms with Crippen molar-refractivity contribution in [1.29, 1.82) is 0 Å². The van der Waals surface area contributed by atoms with Crippen molar-refractivity contribution in [1.82, 2.24) is 4.98 Å². The number of hydrogen-bond donors (Lipinski definition) is 1. The van der Waals surface area contributed by atoms with Gasteiger partial charge in [0.2, 0.25) is 0 Å². The molecule has 1 aromatic heterocycles. The molecule has 1 heterocycles. The predicted octanol–water partition coefficient (Wildman–Crippen LogP) is 2.46. The van der Waals surface area contributed by atoms with E-state index in [1.807, 2.05) is 0 Å². The van der Waals surface area contributed by atoms with Crippen molar-refractivity contribution < 1.29 is 0 Å². The molecular weight excluding hydrogens is 226 g/mol. The Labute approximate surface area is 85.1 Å². The summed E-state index contributed by atoms with van der Waals surface area (Å²) in [5.41, 5.74) is 5.59. The molecule has 0 bridgehead atoms. The third kappa shape index (κ3) is 3.13. The predicted molar refractivity (Wildman–Crippen MR) is 52.0 cm³/mol. The quantitative estimate of drug-likeness (QED) is 0.797. The molecule has 0 fully saturated rings. The van der Waals surface area contributed by atoms with E-state index < -0.39 is 0 Å². The van der Waals surface area contributed by atoms with Gasteiger partial charge in [0.25, 0.3) is 0 Å². The van der Waals surface area contributed by atoms with Crippen LogP contribution < -0.4 is 5.73 Å². The molecule has 0 aromatic carbocycles. The molecule has 1 atom stereocenters. The minimum Gasteiger partial charge on any atom is -0.322 e. The normalized spacial score (nSPS) is 12.3. The number of nitrogens with two attached hydrogens (primary N) is 1. The van der Waals surface area contributed by atoms with Crippen LogP contribution in [-0.2, 0) is 0 Å². The summed E-state index contributed by atoms with van der Waals surface area (Å²) in [7, 11) is 0. The zero-order valence-electron chi connectivity index (χ0n) is 5.46. The summed E-state index contributed by atoms with van der Waals surface area (Å²) in [6, 6.07) is -0.133. The fourth-order valence-corrected chi connectivity index (χ4v) is 1.73. The van der Waals surface area contributed by atoms with Crippen LogP contribution >= 0.6 is 46.9 Å². The summed E-state index contributed by atoms with van der Waals surface area (Å²) >= 11 is 12.4. The molecule has 2 N–H and O–H groups in total. The summed E-state index contributed by atoms with van der Waals surface area (Å²) in [4.78, 5) is 4.76. The second-order valence-corrected chi connectivity index (χ2v) is 3.73. The monoisotopic (exact) mass is 232 g/mol. The summed E-state index contributed by atoms with van der Waals surface area (Å²) in [6.45, 7) is 0. The van der Waals surface area contributed by atoms with Crippen molar-refractivity contribution in [2.24, 2.45) is 5.73 Å². The van der Waals surface area contributed by atoms with E-state index in [9.17, 15) is 0 Å². The Bertz CT molecular complexity index is 215. The van der Waals surface area contributed by atoms with Crippen molar-refractivity contribution >= 4 is 46.9 Å². The molecule has 11 heavy (non-hydrogen) atoms. The average Bonchev–Trinajstić information content (AvgIpc) is 2.34. The van der Waals surface area contributed by atoms with E-state index in [0.29, 0.717) is 10.3 Å². The van der Waals surface area contributed by atoms with Gasteiger partial charge in [-0.3, -0.25) is 0 Å². The van der Waals surface area contributed by atoms with Gasteiger partial charge >= 0.3 is 0 Å². The molecule has 0 saturated carbocycles. The van der Waals surface area contributed by atoms with Gasteiger partial charge in [-0.1, -0.05) is 11.6 Å². The number of thiazole rings is 1. The van der Waals surface area contributed by atoms with Crippen LogP contribution in [0.1, 0.15) is 10.9 Å². The first-order chi connectivity index (χ1) is 4.74. The number of halogens is 3. The molecule has 6 heteroatoms. The van der Waals surface area contributed by atoms with Crippen molar-refractivity contribution in [3.05, 3.63) is 15.5 Å². The first kappa shape index (κ1) is 11.5. The summed E-state index contributed by atoms with van der Waals surface area (Å²) in [5.74, 6) is 0.401. The molecule has 0 spiro atoms. The zero-order chi connectivity index (χ0) is 7.56. The van der Waals surface area contributed by atoms with Crippen LogP contribution in [0.4, 0.5) is 0 Å². The molecule has 0 aliphatic rings. The van der Waals surface area contributed by atoms with Crippen molar-refractivity contribution in [2.75, 3.05) is 5.88 Å². The Morgan fingerprint density at radius 1 is 1.73 bits per heavy atom. The highest BCUT2D eigenvalue weighted by Gasteiger charge is 2.07. The van der Waals surface area contributed by atoms with E-state index in [4.69, 9.17) is 28.9 Å². The van der Waals surface area contributed by atoms with Gasteiger partial charge in [-0.05, 0) is 0 Å². The lowest BCUT2D eigenvalue weighted by atomic mass is 10.3. The number of hydrogen-bond acceptors (Lipinski definition) is 3. The van der Waals surface area contributed by atoms with Crippen LogP contribution in [0, 0.1) is 0 Å². The van der Waals surface area contributed by atoms with Crippen molar-refractivity contribution in [2.45, 2.75) is 6.04 Å². The Morgan fingerprint density at radius 3 is 2.73 bits per heavy atom. The molecule has 1 aromatic rings. The Morgan fingerprint density at radius 2 is 2.36 bits per heavy atom. The fraction of sp³-hybridized carbons (Fsp3) is 0.400. The first-order valence-corrected chi connectivity index (χ1v) is 4.39. The first-order valence-electron chi connectivity index (χ1n) is 2.67. The maximum atomic E-state index is 5.59. The standard InChI is InChI=1S/C5H6Cl2N2S.ClH/c6-1-3(8)4-2-9-5(7)10-4;/h2-3H,1,8H2;1H/t3-;/m1./s1. The van der Waals surface area contributed by atoms with Crippen LogP contribution in [-0.4, -0.2) is 10.9 Å². The molecular formula is C5H7Cl3N2S. The van der Waals surface area contributed by atoms with Gasteiger partial charge in [0.05, 0.1) is 6.04 Å². The number of alkyl halides is 1. The molecule has 2 nitrogen and oxygen atoms in total. The van der Waals surface area contributed by atoms with Crippen LogP contribution in [0.5, 0.6) is 0 Å². The maximum Gasteiger partial charge on any atom is 0.183 e. The van der Waals surface area contributed by atoms with Crippen molar-refractivity contribution in [3.8, 4) is 0 Å². The second kappa shape index (κ2) is 5.17. The topological polar surface area (TPSA) is 38.9 Å². The zero-order valence-corrected chi connectivity index (χ0v) is 8.60. The third-order valence-electron chi connectivity index (χ3n) is 1.03. The molecule has 0 aliphatic heterocycles. The number of nitrogens with zero attached hydrogens (tertiary/aromatic N) is 1. The van der Waals surface area contributed by atoms with Crippen LogP contribution in [0.15, 0.2) is 6.20 Å². The average molecular weight is 234 g/mol. The molecule has 0 saturated heterocycles. The van der Waals surface area contributed by atoms with Gasteiger partial charge in [-0.15, -0.1) is 35.3 Å². The van der Waals surface area contributed by atoms with Gasteiger partial charge in [0.15, 0.2) is 4.47 Å². The van der Waals surface area contributed by atoms with E-state index in [0.717, 1.165) is 4.88 Å². The molecule has 1 rings (SSSR count). The molecule has 0 unspecified atom stereocenters. The largest absolute Gasteiger partial charge is 0.322 e. The molecule has 64 valence electrons. The van der Waals surface area contributed by atoms with Crippen LogP contribution in [0.3, 0.4) is 0 Å². The lowest BCUT2D eigenvalue weighted by Crippen LogP contribution is -2.09. The lowest BCUT2D eigenvalue weighted by molar-refractivity contribution is 0.843. The van der Waals surface area contributed by atoms with Gasteiger partial charge in [0, 0.05) is 17.0 Å². The lowest BCUT2D eigenvalue weighted by Gasteiger charge is -2.00. The number of rotatable bonds is 2. The van der Waals surface area contributed by atoms with E-state index in [1.165, 1.54) is 11.3 Å². The maximum absolute atomic E-state index is 5.59. The van der Waals surface area contributed by atoms with E-state index in [2.05, 4.69) is 4.98 Å². The van der Waals surface area contributed by atoms with E-state index >= 15 is 0 Å². The Hall–Kier alpha value is 0.460. The van der Waals surface area contributed by atoms with Crippen LogP contribution in [0.25, 0.3) is 0 Å². The van der Waals surface area contributed by atoms with Crippen molar-refractivity contribution in [3.63, 3.8) is 0 Å². The Balaban J connectivity index is 0.000001000. The highest BCUT2D eigenvalue weighted by molar-refractivity contribution is 7.15. The fourth-order valence-electron chi connectivity index (χ4n) is 0.512. The number of aromatic nitrogens is 1. The molecule has 0 radical (unpaired) electrons. The van der Waals surface area contributed by atoms with Gasteiger partial charge in [-0.25, -0.2) is 4.98 Å². The molecule has 0 amide bonds. The Kier molecular flexibility index (Phi) is 5.38. The molecule has 0 aliphatic carbocycles. The van der Waals surface area contributed by atoms with Crippen LogP contribution in [0.2, 0.25) is 4.47 Å². The minimum atomic E-state index is -0.133. The minimum absolute atomic E-state index is 0. The highest BCUT2D eigenvalue weighted by Crippen LogP contribution is 2.22. The van der Waals surface area contributed by atoms with E-state index in [-0.39, 0.29) is 18.4 Å². The van der Waals surface area contributed by atoms with Gasteiger partial charge in [0.1, 0.15) is 0 Å². The van der Waals surface area contributed by atoms with Gasteiger partial charge < -0.3 is 5.73 Å². The second-order valence-electron chi connectivity index (χ2n) is 1.78. The third-order valence-corrected chi connectivity index (χ3v) is 2.61. The summed E-state index contributed by atoms with van der Waals surface area (Å²) < 4.78 is 0.510. The summed E-state index contributed by atoms with van der Waals surface area (Å²) in [6.07, 6.45) is 1.65. The smallest absolute Gasteiger partial charge is 0.183 e. The highest BCUT2D eigenvalue weighted by atomic mass is 35.5. The van der Waals surface area contributed by atoms with Gasteiger partial charge in [-0.2, -0.15) is 0 Å². The SMILES string of the molecule is Cl.N[C@H](CCl)c1cnc(Cl)s1. The van der Waals surface area contributed by atoms with E-state index in [1.54, 1.807) is 6.20 Å². The summed E-state index contributed by atoms with van der Waals surface area (Å²) in [5, 5.41) is 0.